The van der Waals surface area contributed by atoms with E-state index >= 15 is 0 Å². The zero-order valence-corrected chi connectivity index (χ0v) is 10.2. The third-order valence-electron chi connectivity index (χ3n) is 2.20. The van der Waals surface area contributed by atoms with Gasteiger partial charge in [0.05, 0.1) is 6.42 Å². The van der Waals surface area contributed by atoms with Gasteiger partial charge < -0.3 is 20.3 Å². The lowest BCUT2D eigenvalue weighted by molar-refractivity contribution is -0.147. The zero-order chi connectivity index (χ0) is 15.1. The number of aliphatic carboxylic acids is 2. The minimum absolute atomic E-state index is 0.228. The molecule has 0 aromatic heterocycles. The molecule has 0 saturated heterocycles. The minimum Gasteiger partial charge on any atom is -0.484 e. The summed E-state index contributed by atoms with van der Waals surface area (Å²) in [5, 5.41) is 19.2. The predicted octanol–water partition coefficient (Wildman–Crippen LogP) is 0.249. The zero-order valence-electron chi connectivity index (χ0n) is 10.2. The van der Waals surface area contributed by atoms with Crippen LogP contribution in [0.15, 0.2) is 24.3 Å². The number of ether oxygens (including phenoxy) is 1. The largest absolute Gasteiger partial charge is 0.484 e. The van der Waals surface area contributed by atoms with Crippen LogP contribution >= 0.6 is 0 Å². The Hall–Kier alpha value is -2.64. The molecular weight excluding hydrogens is 273 g/mol. The smallest absolute Gasteiger partial charge is 0.326 e. The van der Waals surface area contributed by atoms with E-state index in [1.807, 2.05) is 5.32 Å². The molecule has 7 nitrogen and oxygen atoms in total. The fourth-order valence-electron chi connectivity index (χ4n) is 1.29. The molecule has 20 heavy (non-hydrogen) atoms. The summed E-state index contributed by atoms with van der Waals surface area (Å²) in [6, 6.07) is 3.34. The van der Waals surface area contributed by atoms with Gasteiger partial charge in [-0.25, -0.2) is 9.18 Å². The third kappa shape index (κ3) is 5.34. The molecule has 1 aromatic carbocycles. The number of nitrogens with one attached hydrogen (secondary N) is 1. The lowest BCUT2D eigenvalue weighted by Gasteiger charge is -2.12. The quantitative estimate of drug-likeness (QED) is 0.662. The first kappa shape index (κ1) is 15.4. The van der Waals surface area contributed by atoms with Crippen molar-refractivity contribution in [2.45, 2.75) is 12.5 Å². The highest BCUT2D eigenvalue weighted by molar-refractivity contribution is 5.87. The summed E-state index contributed by atoms with van der Waals surface area (Å²) in [6.07, 6.45) is -0.738. The topological polar surface area (TPSA) is 113 Å². The summed E-state index contributed by atoms with van der Waals surface area (Å²) < 4.78 is 17.6. The van der Waals surface area contributed by atoms with Crippen molar-refractivity contribution in [2.75, 3.05) is 6.61 Å². The van der Waals surface area contributed by atoms with Crippen LogP contribution in [0.3, 0.4) is 0 Å². The van der Waals surface area contributed by atoms with E-state index in [1.54, 1.807) is 0 Å². The Morgan fingerprint density at radius 3 is 2.30 bits per heavy atom. The van der Waals surface area contributed by atoms with Crippen molar-refractivity contribution in [3.8, 4) is 5.75 Å². The van der Waals surface area contributed by atoms with Crippen molar-refractivity contribution in [1.29, 1.82) is 0 Å². The maximum Gasteiger partial charge on any atom is 0.326 e. The highest BCUT2D eigenvalue weighted by Crippen LogP contribution is 2.10. The van der Waals surface area contributed by atoms with Crippen molar-refractivity contribution in [3.63, 3.8) is 0 Å². The maximum absolute atomic E-state index is 12.6. The van der Waals surface area contributed by atoms with Crippen LogP contribution in [0.25, 0.3) is 0 Å². The SMILES string of the molecule is O=C(O)C[C@H](NC(=O)COc1ccc(F)cc1)C(=O)O. The minimum atomic E-state index is -1.53. The Labute approximate surface area is 113 Å². The van der Waals surface area contributed by atoms with E-state index in [2.05, 4.69) is 0 Å². The van der Waals surface area contributed by atoms with Crippen molar-refractivity contribution in [2.24, 2.45) is 0 Å². The van der Waals surface area contributed by atoms with E-state index in [9.17, 15) is 18.8 Å². The molecule has 0 aliphatic carbocycles. The number of rotatable bonds is 7. The van der Waals surface area contributed by atoms with E-state index < -0.39 is 42.7 Å². The molecule has 3 N–H and O–H groups in total. The summed E-state index contributed by atoms with van der Waals surface area (Å²) in [5.41, 5.74) is 0. The van der Waals surface area contributed by atoms with E-state index in [0.717, 1.165) is 12.1 Å². The van der Waals surface area contributed by atoms with Gasteiger partial charge in [-0.1, -0.05) is 0 Å². The standard InChI is InChI=1S/C12H12FNO6/c13-7-1-3-8(4-2-7)20-6-10(15)14-9(12(18)19)5-11(16)17/h1-4,9H,5-6H2,(H,14,15)(H,16,17)(H,18,19)/t9-/m0/s1. The summed E-state index contributed by atoms with van der Waals surface area (Å²) in [5.74, 6) is -3.83. The number of halogens is 1. The van der Waals surface area contributed by atoms with Crippen LogP contribution in [0.4, 0.5) is 4.39 Å². The molecule has 0 fully saturated rings. The summed E-state index contributed by atoms with van der Waals surface area (Å²) >= 11 is 0. The molecule has 0 saturated carbocycles. The molecule has 0 unspecified atom stereocenters. The van der Waals surface area contributed by atoms with Crippen LogP contribution in [0, 0.1) is 5.82 Å². The summed E-state index contributed by atoms with van der Waals surface area (Å²) in [4.78, 5) is 32.6. The Morgan fingerprint density at radius 1 is 1.20 bits per heavy atom. The highest BCUT2D eigenvalue weighted by atomic mass is 19.1. The lowest BCUT2D eigenvalue weighted by atomic mass is 10.2. The molecule has 0 heterocycles. The van der Waals surface area contributed by atoms with Gasteiger partial charge in [0, 0.05) is 0 Å². The second kappa shape index (κ2) is 7.07. The molecule has 0 radical (unpaired) electrons. The number of carbonyl (C=O) groups excluding carboxylic acids is 1. The molecule has 1 aromatic rings. The van der Waals surface area contributed by atoms with Crippen LogP contribution in [-0.2, 0) is 14.4 Å². The molecule has 1 rings (SSSR count). The molecular formula is C12H12FNO6. The number of carboxylic acids is 2. The molecule has 0 aliphatic rings. The number of hydrogen-bond acceptors (Lipinski definition) is 4. The molecule has 108 valence electrons. The van der Waals surface area contributed by atoms with E-state index in [0.29, 0.717) is 0 Å². The van der Waals surface area contributed by atoms with Crippen LogP contribution in [-0.4, -0.2) is 40.7 Å². The van der Waals surface area contributed by atoms with Crippen molar-refractivity contribution >= 4 is 17.8 Å². The molecule has 0 bridgehead atoms. The van der Waals surface area contributed by atoms with Crippen LogP contribution in [0.5, 0.6) is 5.75 Å². The second-order valence-corrected chi connectivity index (χ2v) is 3.80. The van der Waals surface area contributed by atoms with Gasteiger partial charge in [0.25, 0.3) is 5.91 Å². The lowest BCUT2D eigenvalue weighted by Crippen LogP contribution is -2.44. The fraction of sp³-hybridized carbons (Fsp3) is 0.250. The van der Waals surface area contributed by atoms with Gasteiger partial charge in [0.2, 0.25) is 0 Å². The average Bonchev–Trinajstić information content (AvgIpc) is 2.36. The number of carboxylic acid groups (broad SMARTS) is 2. The predicted molar refractivity (Wildman–Crippen MR) is 63.7 cm³/mol. The molecule has 0 aliphatic heterocycles. The second-order valence-electron chi connectivity index (χ2n) is 3.80. The highest BCUT2D eigenvalue weighted by Gasteiger charge is 2.23. The van der Waals surface area contributed by atoms with Crippen LogP contribution in [0.2, 0.25) is 0 Å². The van der Waals surface area contributed by atoms with Gasteiger partial charge in [-0.15, -0.1) is 0 Å². The van der Waals surface area contributed by atoms with E-state index in [4.69, 9.17) is 14.9 Å². The Kier molecular flexibility index (Phi) is 5.45. The van der Waals surface area contributed by atoms with Gasteiger partial charge in [0.15, 0.2) is 6.61 Å². The first-order chi connectivity index (χ1) is 9.38. The number of benzene rings is 1. The monoisotopic (exact) mass is 285 g/mol. The Morgan fingerprint density at radius 2 is 1.80 bits per heavy atom. The average molecular weight is 285 g/mol. The molecule has 0 spiro atoms. The maximum atomic E-state index is 12.6. The van der Waals surface area contributed by atoms with Crippen molar-refractivity contribution in [3.05, 3.63) is 30.1 Å². The van der Waals surface area contributed by atoms with Gasteiger partial charge in [0.1, 0.15) is 17.6 Å². The van der Waals surface area contributed by atoms with Crippen LogP contribution < -0.4 is 10.1 Å². The first-order valence-corrected chi connectivity index (χ1v) is 5.51. The Bertz CT molecular complexity index is 501. The van der Waals surface area contributed by atoms with Gasteiger partial charge in [-0.05, 0) is 24.3 Å². The number of carbonyl (C=O) groups is 3. The van der Waals surface area contributed by atoms with E-state index in [-0.39, 0.29) is 5.75 Å². The molecule has 1 atom stereocenters. The first-order valence-electron chi connectivity index (χ1n) is 5.51. The fourth-order valence-corrected chi connectivity index (χ4v) is 1.29. The summed E-state index contributed by atoms with van der Waals surface area (Å²) in [6.45, 7) is -0.505. The van der Waals surface area contributed by atoms with Gasteiger partial charge in [-0.3, -0.25) is 9.59 Å². The van der Waals surface area contributed by atoms with Crippen LogP contribution in [0.1, 0.15) is 6.42 Å². The number of hydrogen-bond donors (Lipinski definition) is 3. The van der Waals surface area contributed by atoms with Crippen molar-refractivity contribution in [1.82, 2.24) is 5.32 Å². The van der Waals surface area contributed by atoms with Crippen molar-refractivity contribution < 1.29 is 33.7 Å². The Balaban J connectivity index is 2.47. The molecule has 1 amide bonds. The van der Waals surface area contributed by atoms with E-state index in [1.165, 1.54) is 12.1 Å². The number of amides is 1. The normalized spacial score (nSPS) is 11.4. The third-order valence-corrected chi connectivity index (χ3v) is 2.20. The summed E-state index contributed by atoms with van der Waals surface area (Å²) in [7, 11) is 0. The van der Waals surface area contributed by atoms with Gasteiger partial charge >= 0.3 is 11.9 Å². The van der Waals surface area contributed by atoms with Gasteiger partial charge in [-0.2, -0.15) is 0 Å². The molecule has 8 heteroatoms.